The molecule has 1 aromatic heterocycles. The topological polar surface area (TPSA) is 88.2 Å². The minimum absolute atomic E-state index is 0.00260. The highest BCUT2D eigenvalue weighted by Crippen LogP contribution is 2.25. The number of aryl methyl sites for hydroxylation is 2. The normalized spacial score (nSPS) is 11.3. The Hall–Kier alpha value is -2.36. The van der Waals surface area contributed by atoms with Gasteiger partial charge in [-0.3, -0.25) is 9.52 Å². The molecule has 0 atom stereocenters. The minimum Gasteiger partial charge on any atom is -0.322 e. The van der Waals surface area contributed by atoms with Gasteiger partial charge in [-0.2, -0.15) is 0 Å². The lowest BCUT2D eigenvalue weighted by atomic mass is 10.1. The maximum Gasteiger partial charge on any atom is 0.255 e. The van der Waals surface area contributed by atoms with E-state index in [1.165, 1.54) is 0 Å². The zero-order chi connectivity index (χ0) is 21.7. The summed E-state index contributed by atoms with van der Waals surface area (Å²) in [4.78, 5) is 18.1. The van der Waals surface area contributed by atoms with Gasteiger partial charge >= 0.3 is 0 Å². The molecule has 0 bridgehead atoms. The number of aromatic nitrogens is 1. The number of carbonyl (C=O) groups excluding carboxylic acids is 1. The molecule has 0 fully saturated rings. The lowest BCUT2D eigenvalue weighted by Crippen LogP contribution is -2.16. The molecule has 0 aliphatic heterocycles. The average Bonchev–Trinajstić information content (AvgIpc) is 3.14. The lowest BCUT2D eigenvalue weighted by Gasteiger charge is -2.12. The third kappa shape index (κ3) is 6.07. The molecule has 0 spiro atoms. The van der Waals surface area contributed by atoms with Crippen molar-refractivity contribution in [1.29, 1.82) is 0 Å². The van der Waals surface area contributed by atoms with Crippen molar-refractivity contribution >= 4 is 50.4 Å². The van der Waals surface area contributed by atoms with Gasteiger partial charge in [0.2, 0.25) is 10.0 Å². The van der Waals surface area contributed by atoms with E-state index in [1.807, 2.05) is 19.1 Å². The maximum atomic E-state index is 12.5. The molecule has 0 aliphatic carbocycles. The fourth-order valence-corrected chi connectivity index (χ4v) is 4.85. The van der Waals surface area contributed by atoms with Crippen LogP contribution in [-0.4, -0.2) is 25.1 Å². The highest BCUT2D eigenvalue weighted by Gasteiger charge is 2.11. The number of rotatable bonds is 8. The minimum atomic E-state index is -3.34. The summed E-state index contributed by atoms with van der Waals surface area (Å²) < 4.78 is 26.0. The Labute approximate surface area is 185 Å². The number of anilines is 2. The zero-order valence-corrected chi connectivity index (χ0v) is 19.4. The Morgan fingerprint density at radius 1 is 1.13 bits per heavy atom. The van der Waals surface area contributed by atoms with E-state index in [0.717, 1.165) is 26.9 Å². The number of sulfonamides is 1. The first-order chi connectivity index (χ1) is 14.3. The highest BCUT2D eigenvalue weighted by molar-refractivity contribution is 7.98. The van der Waals surface area contributed by atoms with Crippen molar-refractivity contribution in [2.75, 3.05) is 15.8 Å². The third-order valence-corrected chi connectivity index (χ3v) is 7.46. The van der Waals surface area contributed by atoms with Crippen LogP contribution in [0, 0.1) is 13.8 Å². The number of thiazole rings is 1. The van der Waals surface area contributed by atoms with Crippen LogP contribution in [0.2, 0.25) is 0 Å². The molecule has 3 rings (SSSR count). The van der Waals surface area contributed by atoms with Crippen molar-refractivity contribution in [3.63, 3.8) is 0 Å². The van der Waals surface area contributed by atoms with Gasteiger partial charge in [-0.25, -0.2) is 13.4 Å². The van der Waals surface area contributed by atoms with E-state index >= 15 is 0 Å². The summed E-state index contributed by atoms with van der Waals surface area (Å²) in [6.45, 7) is 5.36. The van der Waals surface area contributed by atoms with Gasteiger partial charge in [0.05, 0.1) is 22.1 Å². The van der Waals surface area contributed by atoms with Gasteiger partial charge in [-0.1, -0.05) is 0 Å². The Kier molecular flexibility index (Phi) is 7.17. The fourth-order valence-electron chi connectivity index (χ4n) is 2.63. The molecule has 1 amide bonds. The Bertz CT molecular complexity index is 1140. The van der Waals surface area contributed by atoms with Crippen molar-refractivity contribution in [2.24, 2.45) is 0 Å². The van der Waals surface area contributed by atoms with E-state index in [1.54, 1.807) is 67.3 Å². The van der Waals surface area contributed by atoms with Crippen molar-refractivity contribution in [3.05, 3.63) is 69.7 Å². The first-order valence-corrected chi connectivity index (χ1v) is 12.8. The molecule has 6 nitrogen and oxygen atoms in total. The van der Waals surface area contributed by atoms with Crippen LogP contribution in [0.1, 0.15) is 33.5 Å². The first-order valence-electron chi connectivity index (χ1n) is 9.32. The molecule has 0 saturated heterocycles. The van der Waals surface area contributed by atoms with Crippen molar-refractivity contribution in [3.8, 4) is 0 Å². The molecule has 3 aromatic rings. The molecule has 30 heavy (non-hydrogen) atoms. The summed E-state index contributed by atoms with van der Waals surface area (Å²) in [5.41, 5.74) is 3.45. The number of thioether (sulfide) groups is 1. The molecule has 2 N–H and O–H groups in total. The first kappa shape index (κ1) is 22.3. The van der Waals surface area contributed by atoms with E-state index in [-0.39, 0.29) is 11.7 Å². The van der Waals surface area contributed by atoms with Crippen LogP contribution in [0.25, 0.3) is 0 Å². The molecular formula is C21H23N3O3S3. The van der Waals surface area contributed by atoms with E-state index in [2.05, 4.69) is 20.4 Å². The van der Waals surface area contributed by atoms with Crippen LogP contribution in [0.5, 0.6) is 0 Å². The summed E-state index contributed by atoms with van der Waals surface area (Å²) in [6.07, 6.45) is 0. The van der Waals surface area contributed by atoms with Crippen LogP contribution in [-0.2, 0) is 15.8 Å². The third-order valence-electron chi connectivity index (χ3n) is 4.30. The van der Waals surface area contributed by atoms with Gasteiger partial charge in [0.15, 0.2) is 0 Å². The predicted molar refractivity (Wildman–Crippen MR) is 125 cm³/mol. The van der Waals surface area contributed by atoms with Crippen LogP contribution >= 0.6 is 23.1 Å². The summed E-state index contributed by atoms with van der Waals surface area (Å²) in [5, 5.41) is 5.97. The molecule has 158 valence electrons. The second kappa shape index (κ2) is 9.63. The number of hydrogen-bond acceptors (Lipinski definition) is 6. The standard InChI is InChI=1S/C21H23N3O3S3/c1-4-30(26,27)24-20-10-7-17(11-14(20)2)23-21(25)16-5-8-19(9-6-16)29-13-18-12-28-15(3)22-18/h5-12,24H,4,13H2,1-3H3,(H,23,25). The van der Waals surface area contributed by atoms with E-state index in [9.17, 15) is 13.2 Å². The quantitative estimate of drug-likeness (QED) is 0.458. The van der Waals surface area contributed by atoms with Crippen LogP contribution in [0.3, 0.4) is 0 Å². The molecule has 0 radical (unpaired) electrons. The molecule has 0 aliphatic rings. The summed E-state index contributed by atoms with van der Waals surface area (Å²) in [5.74, 6) is 0.578. The highest BCUT2D eigenvalue weighted by atomic mass is 32.2. The smallest absolute Gasteiger partial charge is 0.255 e. The van der Waals surface area contributed by atoms with Gasteiger partial charge < -0.3 is 5.32 Å². The second-order valence-corrected chi connectivity index (χ2v) is 10.8. The number of benzene rings is 2. The van der Waals surface area contributed by atoms with Gasteiger partial charge in [0, 0.05) is 27.3 Å². The second-order valence-electron chi connectivity index (χ2n) is 6.66. The number of hydrogen-bond donors (Lipinski definition) is 2. The monoisotopic (exact) mass is 461 g/mol. The van der Waals surface area contributed by atoms with Gasteiger partial charge in [0.1, 0.15) is 0 Å². The van der Waals surface area contributed by atoms with Gasteiger partial charge in [-0.05, 0) is 68.8 Å². The average molecular weight is 462 g/mol. The molecular weight excluding hydrogens is 438 g/mol. The van der Waals surface area contributed by atoms with Gasteiger partial charge in [0.25, 0.3) is 5.91 Å². The molecule has 0 saturated carbocycles. The zero-order valence-electron chi connectivity index (χ0n) is 16.9. The largest absolute Gasteiger partial charge is 0.322 e. The number of nitrogens with zero attached hydrogens (tertiary/aromatic N) is 1. The summed E-state index contributed by atoms with van der Waals surface area (Å²) in [7, 11) is -3.34. The van der Waals surface area contributed by atoms with Gasteiger partial charge in [-0.15, -0.1) is 23.1 Å². The number of nitrogens with one attached hydrogen (secondary N) is 2. The summed E-state index contributed by atoms with van der Waals surface area (Å²) >= 11 is 3.32. The van der Waals surface area contributed by atoms with Crippen molar-refractivity contribution in [1.82, 2.24) is 4.98 Å². The lowest BCUT2D eigenvalue weighted by molar-refractivity contribution is 0.102. The fraction of sp³-hybridized carbons (Fsp3) is 0.238. The van der Waals surface area contributed by atoms with E-state index < -0.39 is 10.0 Å². The Balaban J connectivity index is 1.60. The SMILES string of the molecule is CCS(=O)(=O)Nc1ccc(NC(=O)c2ccc(SCc3csc(C)n3)cc2)cc1C. The summed E-state index contributed by atoms with van der Waals surface area (Å²) in [6, 6.07) is 12.5. The molecule has 9 heteroatoms. The molecule has 2 aromatic carbocycles. The van der Waals surface area contributed by atoms with Crippen LogP contribution in [0.15, 0.2) is 52.7 Å². The van der Waals surface area contributed by atoms with Crippen LogP contribution < -0.4 is 10.0 Å². The molecule has 0 unspecified atom stereocenters. The van der Waals surface area contributed by atoms with E-state index in [0.29, 0.717) is 16.9 Å². The number of carbonyl (C=O) groups is 1. The maximum absolute atomic E-state index is 12.5. The molecule has 1 heterocycles. The van der Waals surface area contributed by atoms with E-state index in [4.69, 9.17) is 0 Å². The Morgan fingerprint density at radius 2 is 1.87 bits per heavy atom. The Morgan fingerprint density at radius 3 is 2.47 bits per heavy atom. The van der Waals surface area contributed by atoms with Crippen molar-refractivity contribution < 1.29 is 13.2 Å². The number of amides is 1. The van der Waals surface area contributed by atoms with Crippen molar-refractivity contribution in [2.45, 2.75) is 31.4 Å². The predicted octanol–water partition coefficient (Wildman–Crippen LogP) is 5.07. The van der Waals surface area contributed by atoms with Crippen LogP contribution in [0.4, 0.5) is 11.4 Å².